The number of carbonyl (C=O) groups excluding carboxylic acids is 1. The van der Waals surface area contributed by atoms with Crippen LogP contribution in [-0.4, -0.2) is 29.3 Å². The molecule has 3 heteroatoms. The van der Waals surface area contributed by atoms with Crippen LogP contribution in [-0.2, 0) is 4.79 Å². The lowest BCUT2D eigenvalue weighted by Gasteiger charge is -2.35. The number of amides is 1. The van der Waals surface area contributed by atoms with Crippen molar-refractivity contribution in [3.63, 3.8) is 0 Å². The SMILES string of the molecule is CC(Cl)C(=O)N1CCC2CCCC2C1. The van der Waals surface area contributed by atoms with Gasteiger partial charge in [0.05, 0.1) is 0 Å². The monoisotopic (exact) mass is 215 g/mol. The summed E-state index contributed by atoms with van der Waals surface area (Å²) in [7, 11) is 0. The van der Waals surface area contributed by atoms with E-state index in [9.17, 15) is 4.79 Å². The van der Waals surface area contributed by atoms with E-state index in [-0.39, 0.29) is 11.3 Å². The number of halogens is 1. The van der Waals surface area contributed by atoms with Crippen molar-refractivity contribution in [1.29, 1.82) is 0 Å². The molecule has 0 spiro atoms. The molecule has 80 valence electrons. The lowest BCUT2D eigenvalue weighted by atomic mass is 9.88. The van der Waals surface area contributed by atoms with Crippen LogP contribution >= 0.6 is 11.6 Å². The Kier molecular flexibility index (Phi) is 3.01. The third-order valence-corrected chi connectivity index (χ3v) is 3.88. The Bertz CT molecular complexity index is 229. The summed E-state index contributed by atoms with van der Waals surface area (Å²) in [6, 6.07) is 0. The predicted octanol–water partition coefficient (Wildman–Crippen LogP) is 2.26. The summed E-state index contributed by atoms with van der Waals surface area (Å²) in [5, 5.41) is -0.354. The Morgan fingerprint density at radius 3 is 2.79 bits per heavy atom. The molecule has 0 aromatic carbocycles. The second-order valence-corrected chi connectivity index (χ2v) is 5.29. The normalized spacial score (nSPS) is 34.0. The maximum atomic E-state index is 11.7. The van der Waals surface area contributed by atoms with Crippen LogP contribution in [0.25, 0.3) is 0 Å². The summed E-state index contributed by atoms with van der Waals surface area (Å²) in [6.45, 7) is 3.66. The highest BCUT2D eigenvalue weighted by Gasteiger charge is 2.35. The largest absolute Gasteiger partial charge is 0.341 e. The van der Waals surface area contributed by atoms with E-state index in [0.29, 0.717) is 0 Å². The average Bonchev–Trinajstić information content (AvgIpc) is 2.62. The van der Waals surface area contributed by atoms with Crippen LogP contribution in [0.4, 0.5) is 0 Å². The summed E-state index contributed by atoms with van der Waals surface area (Å²) in [6.07, 6.45) is 5.24. The molecule has 1 amide bonds. The summed E-state index contributed by atoms with van der Waals surface area (Å²) in [4.78, 5) is 13.6. The van der Waals surface area contributed by atoms with E-state index in [1.54, 1.807) is 6.92 Å². The van der Waals surface area contributed by atoms with Crippen molar-refractivity contribution in [2.45, 2.75) is 38.0 Å². The van der Waals surface area contributed by atoms with Crippen molar-refractivity contribution in [1.82, 2.24) is 4.90 Å². The third-order valence-electron chi connectivity index (χ3n) is 3.69. The first-order valence-corrected chi connectivity index (χ1v) is 6.05. The quantitative estimate of drug-likeness (QED) is 0.615. The fraction of sp³-hybridized carbons (Fsp3) is 0.909. The van der Waals surface area contributed by atoms with E-state index in [2.05, 4.69) is 0 Å². The second-order valence-electron chi connectivity index (χ2n) is 4.64. The van der Waals surface area contributed by atoms with Crippen molar-refractivity contribution in [3.8, 4) is 0 Å². The number of rotatable bonds is 1. The Hall–Kier alpha value is -0.240. The molecule has 14 heavy (non-hydrogen) atoms. The van der Waals surface area contributed by atoms with Crippen molar-refractivity contribution < 1.29 is 4.79 Å². The van der Waals surface area contributed by atoms with Crippen LogP contribution < -0.4 is 0 Å². The molecule has 1 saturated carbocycles. The number of piperidine rings is 1. The van der Waals surface area contributed by atoms with Crippen molar-refractivity contribution >= 4 is 17.5 Å². The molecule has 2 aliphatic rings. The third kappa shape index (κ3) is 1.90. The molecule has 0 N–H and O–H groups in total. The Morgan fingerprint density at radius 2 is 2.07 bits per heavy atom. The molecule has 1 aliphatic carbocycles. The predicted molar refractivity (Wildman–Crippen MR) is 57.3 cm³/mol. The van der Waals surface area contributed by atoms with Gasteiger partial charge < -0.3 is 4.90 Å². The number of fused-ring (bicyclic) bond motifs is 1. The highest BCUT2D eigenvalue weighted by molar-refractivity contribution is 6.30. The summed E-state index contributed by atoms with van der Waals surface area (Å²) in [5.41, 5.74) is 0. The van der Waals surface area contributed by atoms with Crippen LogP contribution in [0.5, 0.6) is 0 Å². The fourth-order valence-corrected chi connectivity index (χ4v) is 3.02. The highest BCUT2D eigenvalue weighted by Crippen LogP contribution is 2.37. The van der Waals surface area contributed by atoms with Crippen molar-refractivity contribution in [2.75, 3.05) is 13.1 Å². The van der Waals surface area contributed by atoms with Gasteiger partial charge >= 0.3 is 0 Å². The van der Waals surface area contributed by atoms with Gasteiger partial charge in [-0.25, -0.2) is 0 Å². The van der Waals surface area contributed by atoms with E-state index in [1.165, 1.54) is 25.7 Å². The summed E-state index contributed by atoms with van der Waals surface area (Å²) < 4.78 is 0. The lowest BCUT2D eigenvalue weighted by Crippen LogP contribution is -2.44. The average molecular weight is 216 g/mol. The summed E-state index contributed by atoms with van der Waals surface area (Å²) in [5.74, 6) is 1.78. The van der Waals surface area contributed by atoms with Crippen LogP contribution in [0.1, 0.15) is 32.6 Å². The first-order valence-electron chi connectivity index (χ1n) is 5.61. The molecule has 3 atom stereocenters. The molecule has 0 aromatic rings. The minimum Gasteiger partial charge on any atom is -0.341 e. The van der Waals surface area contributed by atoms with E-state index in [4.69, 9.17) is 11.6 Å². The number of hydrogen-bond donors (Lipinski definition) is 0. The van der Waals surface area contributed by atoms with Gasteiger partial charge in [-0.05, 0) is 31.6 Å². The van der Waals surface area contributed by atoms with E-state index in [0.717, 1.165) is 24.9 Å². The zero-order chi connectivity index (χ0) is 10.1. The van der Waals surface area contributed by atoms with Crippen LogP contribution in [0.15, 0.2) is 0 Å². The van der Waals surface area contributed by atoms with Crippen molar-refractivity contribution in [2.24, 2.45) is 11.8 Å². The number of carbonyl (C=O) groups is 1. The second kappa shape index (κ2) is 4.09. The zero-order valence-corrected chi connectivity index (χ0v) is 9.46. The minimum atomic E-state index is -0.354. The van der Waals surface area contributed by atoms with Gasteiger partial charge in [0.15, 0.2) is 0 Å². The Morgan fingerprint density at radius 1 is 1.36 bits per heavy atom. The van der Waals surface area contributed by atoms with Crippen LogP contribution in [0.2, 0.25) is 0 Å². The van der Waals surface area contributed by atoms with Crippen LogP contribution in [0, 0.1) is 11.8 Å². The van der Waals surface area contributed by atoms with Gasteiger partial charge in [-0.2, -0.15) is 0 Å². The molecule has 0 bridgehead atoms. The highest BCUT2D eigenvalue weighted by atomic mass is 35.5. The molecule has 2 nitrogen and oxygen atoms in total. The molecule has 0 radical (unpaired) electrons. The molecular formula is C11H18ClNO. The maximum Gasteiger partial charge on any atom is 0.240 e. The number of nitrogens with zero attached hydrogens (tertiary/aromatic N) is 1. The first-order chi connectivity index (χ1) is 6.68. The molecule has 2 rings (SSSR count). The van der Waals surface area contributed by atoms with E-state index >= 15 is 0 Å². The van der Waals surface area contributed by atoms with Gasteiger partial charge in [0.1, 0.15) is 5.38 Å². The molecule has 3 unspecified atom stereocenters. The van der Waals surface area contributed by atoms with Gasteiger partial charge in [0, 0.05) is 13.1 Å². The topological polar surface area (TPSA) is 20.3 Å². The minimum absolute atomic E-state index is 0.122. The molecule has 2 fully saturated rings. The van der Waals surface area contributed by atoms with Gasteiger partial charge in [0.2, 0.25) is 5.91 Å². The Labute approximate surface area is 90.6 Å². The molecule has 1 aliphatic heterocycles. The van der Waals surface area contributed by atoms with Crippen LogP contribution in [0.3, 0.4) is 0 Å². The number of likely N-dealkylation sites (tertiary alicyclic amines) is 1. The lowest BCUT2D eigenvalue weighted by molar-refractivity contribution is -0.132. The fourth-order valence-electron chi connectivity index (χ4n) is 2.88. The Balaban J connectivity index is 1.94. The molecular weight excluding hydrogens is 198 g/mol. The van der Waals surface area contributed by atoms with Gasteiger partial charge in [0.25, 0.3) is 0 Å². The molecule has 0 aromatic heterocycles. The number of hydrogen-bond acceptors (Lipinski definition) is 1. The standard InChI is InChI=1S/C11H18ClNO/c1-8(12)11(14)13-6-5-9-3-2-4-10(9)7-13/h8-10H,2-7H2,1H3. The maximum absolute atomic E-state index is 11.7. The summed E-state index contributed by atoms with van der Waals surface area (Å²) >= 11 is 5.81. The first kappa shape index (κ1) is 10.3. The zero-order valence-electron chi connectivity index (χ0n) is 8.71. The van der Waals surface area contributed by atoms with Gasteiger partial charge in [-0.1, -0.05) is 12.8 Å². The van der Waals surface area contributed by atoms with E-state index < -0.39 is 0 Å². The molecule has 1 saturated heterocycles. The smallest absolute Gasteiger partial charge is 0.240 e. The van der Waals surface area contributed by atoms with Crippen molar-refractivity contribution in [3.05, 3.63) is 0 Å². The molecule has 1 heterocycles. The van der Waals surface area contributed by atoms with Gasteiger partial charge in [-0.3, -0.25) is 4.79 Å². The van der Waals surface area contributed by atoms with Gasteiger partial charge in [-0.15, -0.1) is 11.6 Å². The van der Waals surface area contributed by atoms with E-state index in [1.807, 2.05) is 4.90 Å². The number of alkyl halides is 1.